The van der Waals surface area contributed by atoms with Gasteiger partial charge < -0.3 is 5.11 Å². The van der Waals surface area contributed by atoms with Crippen molar-refractivity contribution in [3.05, 3.63) is 75.8 Å². The standard InChI is InChI=1S/C16H10N2O3/c19-13-9-5-1-2-6-10(9)15(20)18-14(13)17-12-8-4-3-7-11(12)16(18)21/h1-8,15,20H. The fourth-order valence-electron chi connectivity index (χ4n) is 2.72. The second-order valence-electron chi connectivity index (χ2n) is 4.92. The van der Waals surface area contributed by atoms with Gasteiger partial charge in [0.1, 0.15) is 0 Å². The van der Waals surface area contributed by atoms with E-state index in [-0.39, 0.29) is 11.6 Å². The van der Waals surface area contributed by atoms with E-state index in [9.17, 15) is 14.7 Å². The van der Waals surface area contributed by atoms with Crippen LogP contribution < -0.4 is 5.56 Å². The molecule has 1 aromatic heterocycles. The van der Waals surface area contributed by atoms with Gasteiger partial charge in [0.2, 0.25) is 5.78 Å². The van der Waals surface area contributed by atoms with Gasteiger partial charge in [-0.2, -0.15) is 0 Å². The van der Waals surface area contributed by atoms with E-state index < -0.39 is 11.8 Å². The van der Waals surface area contributed by atoms with Crippen LogP contribution in [0.25, 0.3) is 10.9 Å². The summed E-state index contributed by atoms with van der Waals surface area (Å²) in [5.74, 6) is -0.372. The summed E-state index contributed by atoms with van der Waals surface area (Å²) in [5, 5.41) is 10.8. The van der Waals surface area contributed by atoms with Gasteiger partial charge >= 0.3 is 0 Å². The van der Waals surface area contributed by atoms with E-state index in [1.807, 2.05) is 0 Å². The number of carbonyl (C=O) groups excluding carboxylic acids is 1. The lowest BCUT2D eigenvalue weighted by Gasteiger charge is -2.24. The topological polar surface area (TPSA) is 72.2 Å². The van der Waals surface area contributed by atoms with Crippen LogP contribution in [0.4, 0.5) is 0 Å². The number of fused-ring (bicyclic) bond motifs is 3. The first-order chi connectivity index (χ1) is 10.2. The van der Waals surface area contributed by atoms with Gasteiger partial charge in [0.05, 0.1) is 10.9 Å². The van der Waals surface area contributed by atoms with Crippen LogP contribution in [0.1, 0.15) is 28.0 Å². The summed E-state index contributed by atoms with van der Waals surface area (Å²) < 4.78 is 1.06. The van der Waals surface area contributed by atoms with Crippen LogP contribution in [0.15, 0.2) is 53.3 Å². The average Bonchev–Trinajstić information content (AvgIpc) is 2.52. The lowest BCUT2D eigenvalue weighted by molar-refractivity contribution is 0.0922. The van der Waals surface area contributed by atoms with Crippen LogP contribution in [0.3, 0.4) is 0 Å². The van der Waals surface area contributed by atoms with E-state index in [0.717, 1.165) is 4.57 Å². The molecule has 1 unspecified atom stereocenters. The molecular formula is C16H10N2O3. The van der Waals surface area contributed by atoms with E-state index in [1.165, 1.54) is 0 Å². The van der Waals surface area contributed by atoms with Gasteiger partial charge in [0.15, 0.2) is 12.1 Å². The summed E-state index contributed by atoms with van der Waals surface area (Å²) in [6.45, 7) is 0. The minimum absolute atomic E-state index is 0.0232. The lowest BCUT2D eigenvalue weighted by Crippen LogP contribution is -2.36. The molecule has 0 spiro atoms. The molecule has 0 saturated carbocycles. The molecule has 5 nitrogen and oxygen atoms in total. The predicted octanol–water partition coefficient (Wildman–Crippen LogP) is 1.48. The van der Waals surface area contributed by atoms with Gasteiger partial charge in [-0.25, -0.2) is 4.98 Å². The van der Waals surface area contributed by atoms with Gasteiger partial charge in [-0.15, -0.1) is 0 Å². The summed E-state index contributed by atoms with van der Waals surface area (Å²) in [6.07, 6.45) is -1.20. The van der Waals surface area contributed by atoms with Gasteiger partial charge in [0.25, 0.3) is 5.56 Å². The molecule has 0 aliphatic carbocycles. The Hall–Kier alpha value is -2.79. The van der Waals surface area contributed by atoms with Crippen LogP contribution >= 0.6 is 0 Å². The number of hydrogen-bond donors (Lipinski definition) is 1. The molecule has 21 heavy (non-hydrogen) atoms. The number of benzene rings is 2. The minimum atomic E-state index is -1.20. The molecule has 102 valence electrons. The molecule has 0 saturated heterocycles. The number of nitrogens with zero attached hydrogens (tertiary/aromatic N) is 2. The minimum Gasteiger partial charge on any atom is -0.369 e. The monoisotopic (exact) mass is 278 g/mol. The maximum Gasteiger partial charge on any atom is 0.264 e. The molecule has 0 amide bonds. The molecule has 2 heterocycles. The summed E-state index contributed by atoms with van der Waals surface area (Å²) >= 11 is 0. The van der Waals surface area contributed by atoms with Gasteiger partial charge in [-0.05, 0) is 12.1 Å². The normalized spacial score (nSPS) is 16.6. The van der Waals surface area contributed by atoms with Crippen molar-refractivity contribution in [2.75, 3.05) is 0 Å². The quantitative estimate of drug-likeness (QED) is 0.676. The molecule has 5 heteroatoms. The van der Waals surface area contributed by atoms with Gasteiger partial charge in [-0.1, -0.05) is 36.4 Å². The van der Waals surface area contributed by atoms with Crippen LogP contribution in [0.2, 0.25) is 0 Å². The van der Waals surface area contributed by atoms with Crippen molar-refractivity contribution in [3.63, 3.8) is 0 Å². The summed E-state index contributed by atoms with van der Waals surface area (Å²) in [6, 6.07) is 13.5. The van der Waals surface area contributed by atoms with Crippen molar-refractivity contribution in [2.45, 2.75) is 6.23 Å². The third-order valence-electron chi connectivity index (χ3n) is 3.74. The first-order valence-electron chi connectivity index (χ1n) is 6.51. The highest BCUT2D eigenvalue weighted by atomic mass is 16.3. The molecular weight excluding hydrogens is 268 g/mol. The second kappa shape index (κ2) is 4.10. The average molecular weight is 278 g/mol. The highest BCUT2D eigenvalue weighted by Crippen LogP contribution is 2.27. The van der Waals surface area contributed by atoms with Gasteiger partial charge in [0, 0.05) is 11.1 Å². The van der Waals surface area contributed by atoms with E-state index in [0.29, 0.717) is 22.0 Å². The highest BCUT2D eigenvalue weighted by Gasteiger charge is 2.32. The number of aliphatic hydroxyl groups excluding tert-OH is 1. The Balaban J connectivity index is 2.14. The van der Waals surface area contributed by atoms with Crippen molar-refractivity contribution >= 4 is 16.7 Å². The van der Waals surface area contributed by atoms with Crippen LogP contribution in [0, 0.1) is 0 Å². The molecule has 1 atom stereocenters. The molecule has 1 aliphatic heterocycles. The Bertz CT molecular complexity index is 959. The molecule has 1 N–H and O–H groups in total. The third-order valence-corrected chi connectivity index (χ3v) is 3.74. The number of aromatic nitrogens is 2. The third kappa shape index (κ3) is 1.52. The Morgan fingerprint density at radius 1 is 1.00 bits per heavy atom. The second-order valence-corrected chi connectivity index (χ2v) is 4.92. The van der Waals surface area contributed by atoms with Crippen molar-refractivity contribution in [3.8, 4) is 0 Å². The zero-order chi connectivity index (χ0) is 14.6. The maximum absolute atomic E-state index is 12.5. The molecule has 4 rings (SSSR count). The Labute approximate surface area is 119 Å². The Morgan fingerprint density at radius 2 is 1.71 bits per heavy atom. The van der Waals surface area contributed by atoms with Crippen molar-refractivity contribution in [1.82, 2.24) is 9.55 Å². The first-order valence-corrected chi connectivity index (χ1v) is 6.51. The smallest absolute Gasteiger partial charge is 0.264 e. The largest absolute Gasteiger partial charge is 0.369 e. The van der Waals surface area contributed by atoms with E-state index in [2.05, 4.69) is 4.98 Å². The molecule has 3 aromatic rings. The number of hydrogen-bond acceptors (Lipinski definition) is 4. The summed E-state index contributed by atoms with van der Waals surface area (Å²) in [7, 11) is 0. The van der Waals surface area contributed by atoms with Gasteiger partial charge in [-0.3, -0.25) is 14.2 Å². The lowest BCUT2D eigenvalue weighted by atomic mass is 9.97. The van der Waals surface area contributed by atoms with Crippen molar-refractivity contribution in [2.24, 2.45) is 0 Å². The molecule has 0 fully saturated rings. The number of rotatable bonds is 0. The number of aliphatic hydroxyl groups is 1. The molecule has 2 aromatic carbocycles. The Kier molecular flexibility index (Phi) is 2.34. The van der Waals surface area contributed by atoms with Crippen LogP contribution in [-0.4, -0.2) is 20.4 Å². The van der Waals surface area contributed by atoms with Crippen molar-refractivity contribution < 1.29 is 9.90 Å². The molecule has 0 bridgehead atoms. The summed E-state index contributed by atoms with van der Waals surface area (Å²) in [5.41, 5.74) is 0.848. The molecule has 1 aliphatic rings. The zero-order valence-corrected chi connectivity index (χ0v) is 10.9. The SMILES string of the molecule is O=C1c2ccccc2C(O)n2c1nc1ccccc1c2=O. The number of para-hydroxylation sites is 1. The van der Waals surface area contributed by atoms with Crippen molar-refractivity contribution in [1.29, 1.82) is 0 Å². The fourth-order valence-corrected chi connectivity index (χ4v) is 2.72. The first kappa shape index (κ1) is 12.0. The number of carbonyl (C=O) groups is 1. The maximum atomic E-state index is 12.5. The zero-order valence-electron chi connectivity index (χ0n) is 10.9. The van der Waals surface area contributed by atoms with E-state index in [1.54, 1.807) is 48.5 Å². The molecule has 0 radical (unpaired) electrons. The predicted molar refractivity (Wildman–Crippen MR) is 76.2 cm³/mol. The van der Waals surface area contributed by atoms with E-state index in [4.69, 9.17) is 0 Å². The summed E-state index contributed by atoms with van der Waals surface area (Å²) in [4.78, 5) is 29.3. The highest BCUT2D eigenvalue weighted by molar-refractivity contribution is 6.09. The Morgan fingerprint density at radius 3 is 2.57 bits per heavy atom. The van der Waals surface area contributed by atoms with Crippen LogP contribution in [0.5, 0.6) is 0 Å². The van der Waals surface area contributed by atoms with Crippen LogP contribution in [-0.2, 0) is 0 Å². The fraction of sp³-hybridized carbons (Fsp3) is 0.0625. The van der Waals surface area contributed by atoms with E-state index >= 15 is 0 Å². The number of ketones is 1.